The minimum absolute atomic E-state index is 0.00882. The molecule has 3 aromatic rings. The highest BCUT2D eigenvalue weighted by atomic mass is 35.5. The van der Waals surface area contributed by atoms with E-state index >= 15 is 0 Å². The van der Waals surface area contributed by atoms with E-state index in [-0.39, 0.29) is 24.3 Å². The van der Waals surface area contributed by atoms with Crippen molar-refractivity contribution in [2.75, 3.05) is 0 Å². The highest BCUT2D eigenvalue weighted by molar-refractivity contribution is 6.42. The molecule has 0 aromatic heterocycles. The zero-order valence-corrected chi connectivity index (χ0v) is 21.0. The molecule has 0 unspecified atom stereocenters. The largest absolute Gasteiger partial charge is 0.352 e. The van der Waals surface area contributed by atoms with Crippen LogP contribution in [0.15, 0.2) is 78.9 Å². The SMILES string of the molecule is CC[C@@H](C)NC(=O)[C@@H](Cc1ccccc1)N(Cc1ccccc1)C(=O)Cc1ccc(Cl)c(Cl)c1. The zero-order chi connectivity index (χ0) is 24.5. The standard InChI is InChI=1S/C28H30Cl2N2O2/c1-3-20(2)31-28(34)26(17-21-10-6-4-7-11-21)32(19-22-12-8-5-9-13-22)27(33)18-23-14-15-24(29)25(30)16-23/h4-16,20,26H,3,17-19H2,1-2H3,(H,31,34)/t20-,26-/m1/s1. The Bertz CT molecular complexity index is 1090. The molecule has 6 heteroatoms. The van der Waals surface area contributed by atoms with E-state index in [2.05, 4.69) is 5.32 Å². The van der Waals surface area contributed by atoms with Crippen molar-refractivity contribution in [1.82, 2.24) is 10.2 Å². The molecule has 0 aliphatic heterocycles. The molecular weight excluding hydrogens is 467 g/mol. The van der Waals surface area contributed by atoms with Gasteiger partial charge >= 0.3 is 0 Å². The van der Waals surface area contributed by atoms with Crippen LogP contribution >= 0.6 is 23.2 Å². The molecular formula is C28H30Cl2N2O2. The van der Waals surface area contributed by atoms with Crippen LogP contribution in [0.2, 0.25) is 10.0 Å². The van der Waals surface area contributed by atoms with Gasteiger partial charge in [-0.15, -0.1) is 0 Å². The van der Waals surface area contributed by atoms with Gasteiger partial charge in [0.25, 0.3) is 0 Å². The Morgan fingerprint density at radius 2 is 1.47 bits per heavy atom. The average molecular weight is 497 g/mol. The minimum Gasteiger partial charge on any atom is -0.352 e. The van der Waals surface area contributed by atoms with E-state index in [0.717, 1.165) is 23.1 Å². The highest BCUT2D eigenvalue weighted by Gasteiger charge is 2.31. The van der Waals surface area contributed by atoms with Crippen molar-refractivity contribution in [3.63, 3.8) is 0 Å². The predicted octanol–water partition coefficient (Wildman–Crippen LogP) is 6.09. The molecule has 0 spiro atoms. The summed E-state index contributed by atoms with van der Waals surface area (Å²) in [5.74, 6) is -0.306. The molecule has 0 bridgehead atoms. The van der Waals surface area contributed by atoms with E-state index in [1.165, 1.54) is 0 Å². The summed E-state index contributed by atoms with van der Waals surface area (Å²) < 4.78 is 0. The lowest BCUT2D eigenvalue weighted by molar-refractivity contribution is -0.141. The van der Waals surface area contributed by atoms with Crippen LogP contribution < -0.4 is 5.32 Å². The Morgan fingerprint density at radius 1 is 0.853 bits per heavy atom. The number of halogens is 2. The second-order valence-electron chi connectivity index (χ2n) is 8.46. The van der Waals surface area contributed by atoms with Crippen LogP contribution in [0.3, 0.4) is 0 Å². The number of benzene rings is 3. The fourth-order valence-corrected chi connectivity index (χ4v) is 4.02. The molecule has 0 saturated carbocycles. The van der Waals surface area contributed by atoms with Crippen LogP contribution in [0.5, 0.6) is 0 Å². The predicted molar refractivity (Wildman–Crippen MR) is 139 cm³/mol. The van der Waals surface area contributed by atoms with Gasteiger partial charge in [0.15, 0.2) is 0 Å². The molecule has 0 aliphatic rings. The number of amides is 2. The summed E-state index contributed by atoms with van der Waals surface area (Å²) in [6, 6.07) is 24.0. The van der Waals surface area contributed by atoms with Crippen molar-refractivity contribution in [2.45, 2.75) is 51.7 Å². The Morgan fingerprint density at radius 3 is 2.06 bits per heavy atom. The molecule has 0 fully saturated rings. The summed E-state index contributed by atoms with van der Waals surface area (Å²) in [6.45, 7) is 4.32. The average Bonchev–Trinajstić information content (AvgIpc) is 2.84. The van der Waals surface area contributed by atoms with Crippen LogP contribution in [0, 0.1) is 0 Å². The van der Waals surface area contributed by atoms with Crippen LogP contribution in [0.1, 0.15) is 37.0 Å². The first-order valence-electron chi connectivity index (χ1n) is 11.5. The molecule has 34 heavy (non-hydrogen) atoms. The summed E-state index contributed by atoms with van der Waals surface area (Å²) in [5.41, 5.74) is 2.70. The zero-order valence-electron chi connectivity index (χ0n) is 19.5. The molecule has 1 N–H and O–H groups in total. The number of rotatable bonds is 10. The molecule has 0 aliphatic carbocycles. The molecule has 0 radical (unpaired) electrons. The van der Waals surface area contributed by atoms with Crippen molar-refractivity contribution in [3.05, 3.63) is 106 Å². The summed E-state index contributed by atoms with van der Waals surface area (Å²) >= 11 is 12.2. The lowest BCUT2D eigenvalue weighted by atomic mass is 10.0. The van der Waals surface area contributed by atoms with Gasteiger partial charge in [0.2, 0.25) is 11.8 Å². The second kappa shape index (κ2) is 12.6. The molecule has 0 heterocycles. The van der Waals surface area contributed by atoms with Gasteiger partial charge in [0, 0.05) is 19.0 Å². The van der Waals surface area contributed by atoms with E-state index in [4.69, 9.17) is 23.2 Å². The summed E-state index contributed by atoms with van der Waals surface area (Å²) in [7, 11) is 0. The Labute approximate surface area is 211 Å². The number of hydrogen-bond donors (Lipinski definition) is 1. The first-order chi connectivity index (χ1) is 16.4. The van der Waals surface area contributed by atoms with Crippen molar-refractivity contribution >= 4 is 35.0 Å². The van der Waals surface area contributed by atoms with Gasteiger partial charge in [-0.2, -0.15) is 0 Å². The van der Waals surface area contributed by atoms with Crippen LogP contribution in [-0.2, 0) is 29.0 Å². The fourth-order valence-electron chi connectivity index (χ4n) is 3.70. The highest BCUT2D eigenvalue weighted by Crippen LogP contribution is 2.24. The first kappa shape index (κ1) is 25.8. The normalized spacial score (nSPS) is 12.6. The molecule has 2 amide bonds. The van der Waals surface area contributed by atoms with Crippen molar-refractivity contribution < 1.29 is 9.59 Å². The fraction of sp³-hybridized carbons (Fsp3) is 0.286. The smallest absolute Gasteiger partial charge is 0.243 e. The third-order valence-corrected chi connectivity index (χ3v) is 6.55. The van der Waals surface area contributed by atoms with Crippen LogP contribution in [-0.4, -0.2) is 28.8 Å². The summed E-state index contributed by atoms with van der Waals surface area (Å²) in [6.07, 6.45) is 1.34. The van der Waals surface area contributed by atoms with Crippen LogP contribution in [0.4, 0.5) is 0 Å². The van der Waals surface area contributed by atoms with Gasteiger partial charge in [-0.3, -0.25) is 9.59 Å². The Balaban J connectivity index is 1.96. The van der Waals surface area contributed by atoms with E-state index in [1.807, 2.05) is 74.5 Å². The Kier molecular flexibility index (Phi) is 9.55. The van der Waals surface area contributed by atoms with E-state index < -0.39 is 6.04 Å². The van der Waals surface area contributed by atoms with E-state index in [9.17, 15) is 9.59 Å². The number of nitrogens with one attached hydrogen (secondary N) is 1. The molecule has 2 atom stereocenters. The number of nitrogens with zero attached hydrogens (tertiary/aromatic N) is 1. The minimum atomic E-state index is -0.660. The van der Waals surface area contributed by atoms with Gasteiger partial charge in [-0.1, -0.05) is 96.9 Å². The third-order valence-electron chi connectivity index (χ3n) is 5.81. The second-order valence-corrected chi connectivity index (χ2v) is 9.27. The van der Waals surface area contributed by atoms with Crippen LogP contribution in [0.25, 0.3) is 0 Å². The lowest BCUT2D eigenvalue weighted by Gasteiger charge is -2.32. The molecule has 178 valence electrons. The topological polar surface area (TPSA) is 49.4 Å². The van der Waals surface area contributed by atoms with Crippen molar-refractivity contribution in [3.8, 4) is 0 Å². The van der Waals surface area contributed by atoms with E-state index in [0.29, 0.717) is 23.0 Å². The Hall–Kier alpha value is -2.82. The number of carbonyl (C=O) groups is 2. The van der Waals surface area contributed by atoms with Gasteiger partial charge in [-0.05, 0) is 42.2 Å². The summed E-state index contributed by atoms with van der Waals surface area (Å²) in [4.78, 5) is 28.8. The number of hydrogen-bond acceptors (Lipinski definition) is 2. The molecule has 3 aromatic carbocycles. The molecule has 3 rings (SSSR count). The van der Waals surface area contributed by atoms with Crippen molar-refractivity contribution in [1.29, 1.82) is 0 Å². The first-order valence-corrected chi connectivity index (χ1v) is 12.2. The van der Waals surface area contributed by atoms with Gasteiger partial charge in [0.1, 0.15) is 6.04 Å². The molecule has 0 saturated heterocycles. The van der Waals surface area contributed by atoms with Gasteiger partial charge in [0.05, 0.1) is 16.5 Å². The van der Waals surface area contributed by atoms with Crippen molar-refractivity contribution in [2.24, 2.45) is 0 Å². The van der Waals surface area contributed by atoms with Gasteiger partial charge in [-0.25, -0.2) is 0 Å². The maximum absolute atomic E-state index is 13.7. The van der Waals surface area contributed by atoms with Gasteiger partial charge < -0.3 is 10.2 Å². The maximum Gasteiger partial charge on any atom is 0.243 e. The number of carbonyl (C=O) groups excluding carboxylic acids is 2. The maximum atomic E-state index is 13.7. The monoisotopic (exact) mass is 496 g/mol. The molecule has 4 nitrogen and oxygen atoms in total. The van der Waals surface area contributed by atoms with E-state index in [1.54, 1.807) is 23.1 Å². The summed E-state index contributed by atoms with van der Waals surface area (Å²) in [5, 5.41) is 3.92. The third kappa shape index (κ3) is 7.34. The lowest BCUT2D eigenvalue weighted by Crippen LogP contribution is -2.52. The quantitative estimate of drug-likeness (QED) is 0.369.